The van der Waals surface area contributed by atoms with Gasteiger partial charge in [0.25, 0.3) is 0 Å². The first-order chi connectivity index (χ1) is 3.85. The summed E-state index contributed by atoms with van der Waals surface area (Å²) in [6.45, 7) is 0. The Hall–Kier alpha value is 0.580. The molecule has 0 saturated carbocycles. The van der Waals surface area contributed by atoms with Gasteiger partial charge in [0.1, 0.15) is 0 Å². The first-order valence-corrected chi connectivity index (χ1v) is 3.55. The normalized spacial score (nSPS) is 10.5. The Morgan fingerprint density at radius 1 is 1.38 bits per heavy atom. The number of thiol groups is 1. The number of hydrogen-bond donors (Lipinski definition) is 1. The Morgan fingerprint density at radius 3 is 2.00 bits per heavy atom. The average Bonchev–Trinajstić information content (AvgIpc) is 1.83. The molecular formula is C3H9O3S2+. The molecule has 0 bridgehead atoms. The zero-order valence-corrected chi connectivity index (χ0v) is 6.50. The van der Waals surface area contributed by atoms with Crippen LogP contribution in [0.5, 0.6) is 0 Å². The topological polar surface area (TPSA) is 27.7 Å². The molecule has 0 amide bonds. The summed E-state index contributed by atoms with van der Waals surface area (Å²) in [5.41, 5.74) is 0. The Kier molecular flexibility index (Phi) is 6.13. The zero-order chi connectivity index (χ0) is 6.41. The van der Waals surface area contributed by atoms with Gasteiger partial charge in [-0.2, -0.15) is 0 Å². The van der Waals surface area contributed by atoms with E-state index in [0.29, 0.717) is 5.94 Å². The monoisotopic (exact) mass is 157 g/mol. The summed E-state index contributed by atoms with van der Waals surface area (Å²) in [5.74, 6) is 0.310. The van der Waals surface area contributed by atoms with Crippen LogP contribution in [0.15, 0.2) is 0 Å². The van der Waals surface area contributed by atoms with Gasteiger partial charge in [-0.3, -0.25) is 0 Å². The minimum Gasteiger partial charge on any atom is -0.146 e. The summed E-state index contributed by atoms with van der Waals surface area (Å²) >= 11 is 2.98. The van der Waals surface area contributed by atoms with E-state index in [1.54, 1.807) is 0 Å². The Morgan fingerprint density at radius 2 is 1.88 bits per heavy atom. The minimum atomic E-state index is -0.815. The lowest BCUT2D eigenvalue weighted by atomic mass is 11.7. The van der Waals surface area contributed by atoms with E-state index in [-0.39, 0.29) is 0 Å². The molecule has 0 aromatic heterocycles. The Labute approximate surface area is 57.7 Å². The molecule has 0 saturated heterocycles. The van der Waals surface area contributed by atoms with E-state index in [9.17, 15) is 0 Å². The van der Waals surface area contributed by atoms with E-state index < -0.39 is 11.7 Å². The quantitative estimate of drug-likeness (QED) is 0.367. The second-order valence-corrected chi connectivity index (χ2v) is 2.35. The fourth-order valence-electron chi connectivity index (χ4n) is 0.207. The molecule has 0 heterocycles. The van der Waals surface area contributed by atoms with Crippen molar-refractivity contribution in [2.45, 2.75) is 0 Å². The predicted octanol–water partition coefficient (Wildman–Crippen LogP) is 0.546. The predicted molar refractivity (Wildman–Crippen MR) is 36.3 cm³/mol. The number of hydrogen-bond acceptors (Lipinski definition) is 4. The fourth-order valence-corrected chi connectivity index (χ4v) is 0.880. The van der Waals surface area contributed by atoms with Crippen LogP contribution in [-0.4, -0.2) is 20.2 Å². The van der Waals surface area contributed by atoms with Crippen molar-refractivity contribution >= 4 is 24.4 Å². The van der Waals surface area contributed by atoms with Crippen LogP contribution in [0.25, 0.3) is 0 Å². The molecule has 0 N–H and O–H groups in total. The zero-order valence-electron chi connectivity index (χ0n) is 4.79. The van der Waals surface area contributed by atoms with Crippen LogP contribution >= 0.6 is 12.6 Å². The summed E-state index contributed by atoms with van der Waals surface area (Å²) in [7, 11) is 3.02. The van der Waals surface area contributed by atoms with E-state index in [2.05, 4.69) is 21.0 Å². The maximum Gasteiger partial charge on any atom is 0.508 e. The van der Waals surface area contributed by atoms with Gasteiger partial charge in [-0.1, -0.05) is 4.18 Å². The van der Waals surface area contributed by atoms with Gasteiger partial charge in [-0.25, -0.2) is 0 Å². The van der Waals surface area contributed by atoms with Crippen LogP contribution < -0.4 is 0 Å². The molecule has 5 heteroatoms. The third-order valence-electron chi connectivity index (χ3n) is 0.421. The summed E-state index contributed by atoms with van der Waals surface area (Å²) < 4.78 is 14.1. The van der Waals surface area contributed by atoms with Crippen molar-refractivity contribution < 1.29 is 12.5 Å². The maximum absolute atomic E-state index is 4.79. The molecule has 0 aliphatic rings. The second kappa shape index (κ2) is 5.71. The van der Waals surface area contributed by atoms with Crippen molar-refractivity contribution in [1.82, 2.24) is 0 Å². The molecule has 0 spiro atoms. The molecule has 0 radical (unpaired) electrons. The van der Waals surface area contributed by atoms with E-state index in [1.165, 1.54) is 14.2 Å². The van der Waals surface area contributed by atoms with Crippen LogP contribution in [0.1, 0.15) is 0 Å². The fraction of sp³-hybridized carbons (Fsp3) is 1.00. The lowest BCUT2D eigenvalue weighted by molar-refractivity contribution is 0.256. The largest absolute Gasteiger partial charge is 0.508 e. The highest BCUT2D eigenvalue weighted by atomic mass is 32.3. The maximum atomic E-state index is 4.79. The van der Waals surface area contributed by atoms with Gasteiger partial charge in [0, 0.05) is 0 Å². The van der Waals surface area contributed by atoms with E-state index in [0.717, 1.165) is 0 Å². The van der Waals surface area contributed by atoms with Gasteiger partial charge in [0.15, 0.2) is 5.94 Å². The summed E-state index contributed by atoms with van der Waals surface area (Å²) in [4.78, 5) is 0. The molecule has 0 atom stereocenters. The van der Waals surface area contributed by atoms with Gasteiger partial charge in [0.2, 0.25) is 0 Å². The average molecular weight is 157 g/mol. The van der Waals surface area contributed by atoms with Crippen molar-refractivity contribution in [2.24, 2.45) is 0 Å². The molecule has 0 aliphatic carbocycles. The van der Waals surface area contributed by atoms with Crippen LogP contribution in [0.4, 0.5) is 0 Å². The third-order valence-corrected chi connectivity index (χ3v) is 1.58. The van der Waals surface area contributed by atoms with Gasteiger partial charge < -0.3 is 0 Å². The Balaban J connectivity index is 3.07. The summed E-state index contributed by atoms with van der Waals surface area (Å²) in [5, 5.41) is 0. The molecule has 3 nitrogen and oxygen atoms in total. The van der Waals surface area contributed by atoms with Crippen LogP contribution in [0, 0.1) is 0 Å². The van der Waals surface area contributed by atoms with E-state index in [4.69, 9.17) is 4.18 Å². The van der Waals surface area contributed by atoms with Crippen molar-refractivity contribution in [1.29, 1.82) is 0 Å². The van der Waals surface area contributed by atoms with Crippen LogP contribution in [0.3, 0.4) is 0 Å². The lowest BCUT2D eigenvalue weighted by Crippen LogP contribution is -2.08. The van der Waals surface area contributed by atoms with Crippen LogP contribution in [-0.2, 0) is 24.3 Å². The van der Waals surface area contributed by atoms with Crippen molar-refractivity contribution in [3.63, 3.8) is 0 Å². The van der Waals surface area contributed by atoms with Crippen molar-refractivity contribution in [3.05, 3.63) is 0 Å². The minimum absolute atomic E-state index is 0.310. The van der Waals surface area contributed by atoms with Crippen molar-refractivity contribution in [3.8, 4) is 0 Å². The summed E-state index contributed by atoms with van der Waals surface area (Å²) in [6.07, 6.45) is 0. The molecule has 0 aromatic rings. The van der Waals surface area contributed by atoms with Crippen molar-refractivity contribution in [2.75, 3.05) is 20.2 Å². The van der Waals surface area contributed by atoms with Gasteiger partial charge in [0.05, 0.1) is 14.2 Å². The molecule has 0 aliphatic heterocycles. The van der Waals surface area contributed by atoms with E-state index >= 15 is 0 Å². The lowest BCUT2D eigenvalue weighted by Gasteiger charge is -1.91. The highest BCUT2D eigenvalue weighted by Gasteiger charge is 2.20. The first kappa shape index (κ1) is 8.58. The molecule has 50 valence electrons. The molecule has 0 rings (SSSR count). The van der Waals surface area contributed by atoms with Gasteiger partial charge >= 0.3 is 11.7 Å². The van der Waals surface area contributed by atoms with E-state index in [1.807, 2.05) is 0 Å². The van der Waals surface area contributed by atoms with Gasteiger partial charge in [-0.05, 0) is 0 Å². The Bertz CT molecular complexity index is 47.8. The molecule has 0 fully saturated rings. The second-order valence-electron chi connectivity index (χ2n) is 0.784. The molecule has 8 heavy (non-hydrogen) atoms. The first-order valence-electron chi connectivity index (χ1n) is 1.92. The molecule has 0 aromatic carbocycles. The van der Waals surface area contributed by atoms with Gasteiger partial charge in [-0.15, -0.1) is 21.0 Å². The number of rotatable bonds is 4. The SMILES string of the molecule is CO[S+](OC)OCS. The van der Waals surface area contributed by atoms with Crippen LogP contribution in [0.2, 0.25) is 0 Å². The summed E-state index contributed by atoms with van der Waals surface area (Å²) in [6, 6.07) is 0. The molecular weight excluding hydrogens is 148 g/mol. The highest BCUT2D eigenvalue weighted by Crippen LogP contribution is 1.99. The third kappa shape index (κ3) is 3.57. The molecule has 0 unspecified atom stereocenters. The highest BCUT2D eigenvalue weighted by molar-refractivity contribution is 7.84. The standard InChI is InChI=1S/C3H8O3S2/c1-4-8(5-2)6-3-7/h3H2,1-2H3/p+1. The smallest absolute Gasteiger partial charge is 0.146 e.